The number of aliphatic hydroxyl groups excluding tert-OH is 1. The van der Waals surface area contributed by atoms with Crippen molar-refractivity contribution in [3.05, 3.63) is 29.3 Å². The second-order valence-electron chi connectivity index (χ2n) is 9.07. The van der Waals surface area contributed by atoms with E-state index >= 15 is 0 Å². The fourth-order valence-corrected chi connectivity index (χ4v) is 6.67. The predicted octanol–water partition coefficient (Wildman–Crippen LogP) is 4.94. The van der Waals surface area contributed by atoms with Crippen LogP contribution in [0.2, 0.25) is 0 Å². The van der Waals surface area contributed by atoms with Gasteiger partial charge in [-0.25, -0.2) is 0 Å². The lowest BCUT2D eigenvalue weighted by Crippen LogP contribution is -2.49. The summed E-state index contributed by atoms with van der Waals surface area (Å²) in [4.78, 5) is 0. The number of hydrogen-bond donors (Lipinski definition) is 1. The van der Waals surface area contributed by atoms with E-state index < -0.39 is 0 Å². The highest BCUT2D eigenvalue weighted by atomic mass is 16.5. The largest absolute Gasteiger partial charge is 0.497 e. The van der Waals surface area contributed by atoms with E-state index in [4.69, 9.17) is 4.74 Å². The van der Waals surface area contributed by atoms with Gasteiger partial charge in [-0.05, 0) is 97.3 Å². The lowest BCUT2D eigenvalue weighted by atomic mass is 9.50. The molecule has 5 unspecified atom stereocenters. The first-order chi connectivity index (χ1) is 11.4. The van der Waals surface area contributed by atoms with Gasteiger partial charge in [-0.2, -0.15) is 0 Å². The number of rotatable bonds is 2. The third-order valence-electron chi connectivity index (χ3n) is 8.52. The maximum absolute atomic E-state index is 10.5. The molecule has 0 saturated heterocycles. The van der Waals surface area contributed by atoms with E-state index in [9.17, 15) is 5.11 Å². The van der Waals surface area contributed by atoms with E-state index in [-0.39, 0.29) is 11.5 Å². The van der Waals surface area contributed by atoms with Crippen LogP contribution in [0, 0.1) is 22.7 Å². The summed E-state index contributed by atoms with van der Waals surface area (Å²) in [6, 6.07) is 6.73. The first kappa shape index (κ1) is 16.4. The number of hydrogen-bond acceptors (Lipinski definition) is 2. The summed E-state index contributed by atoms with van der Waals surface area (Å²) in [5, 5.41) is 10.5. The summed E-state index contributed by atoms with van der Waals surface area (Å²) in [6.45, 7) is 6.85. The monoisotopic (exact) mass is 328 g/mol. The molecule has 0 heterocycles. The van der Waals surface area contributed by atoms with Gasteiger partial charge in [0.05, 0.1) is 13.2 Å². The van der Waals surface area contributed by atoms with Gasteiger partial charge in [0, 0.05) is 0 Å². The Balaban J connectivity index is 1.68. The summed E-state index contributed by atoms with van der Waals surface area (Å²) in [6.07, 6.45) is 7.30. The number of fused-ring (bicyclic) bond motifs is 5. The molecule has 2 nitrogen and oxygen atoms in total. The Morgan fingerprint density at radius 1 is 1.17 bits per heavy atom. The Morgan fingerprint density at radius 3 is 2.67 bits per heavy atom. The molecule has 1 aromatic carbocycles. The van der Waals surface area contributed by atoms with Crippen molar-refractivity contribution in [1.82, 2.24) is 0 Å². The molecular formula is C22H32O2. The molecule has 0 spiro atoms. The molecule has 0 bridgehead atoms. The van der Waals surface area contributed by atoms with Crippen molar-refractivity contribution in [3.8, 4) is 5.75 Å². The lowest BCUT2D eigenvalue weighted by Gasteiger charge is -2.55. The predicted molar refractivity (Wildman–Crippen MR) is 97.4 cm³/mol. The van der Waals surface area contributed by atoms with Gasteiger partial charge in [-0.3, -0.25) is 0 Å². The van der Waals surface area contributed by atoms with Crippen LogP contribution in [0.4, 0.5) is 0 Å². The Bertz CT molecular complexity index is 637. The van der Waals surface area contributed by atoms with Crippen LogP contribution in [0.5, 0.6) is 5.75 Å². The molecule has 2 heteroatoms. The van der Waals surface area contributed by atoms with Crippen molar-refractivity contribution >= 4 is 0 Å². The molecule has 3 aliphatic rings. The van der Waals surface area contributed by atoms with E-state index in [1.165, 1.54) is 44.1 Å². The smallest absolute Gasteiger partial charge is 0.119 e. The molecule has 6 atom stereocenters. The highest BCUT2D eigenvalue weighted by molar-refractivity contribution is 5.40. The molecule has 0 aliphatic heterocycles. The minimum absolute atomic E-state index is 0.0861. The molecule has 1 aromatic rings. The van der Waals surface area contributed by atoms with E-state index in [1.807, 2.05) is 6.92 Å². The van der Waals surface area contributed by atoms with Crippen LogP contribution in [-0.2, 0) is 6.42 Å². The van der Waals surface area contributed by atoms with Gasteiger partial charge >= 0.3 is 0 Å². The zero-order valence-electron chi connectivity index (χ0n) is 15.6. The first-order valence-electron chi connectivity index (χ1n) is 9.75. The number of aryl methyl sites for hydroxylation is 1. The van der Waals surface area contributed by atoms with Crippen LogP contribution in [0.3, 0.4) is 0 Å². The molecular weight excluding hydrogens is 296 g/mol. The fraction of sp³-hybridized carbons (Fsp3) is 0.727. The van der Waals surface area contributed by atoms with Crippen LogP contribution >= 0.6 is 0 Å². The van der Waals surface area contributed by atoms with Crippen molar-refractivity contribution in [3.63, 3.8) is 0 Å². The zero-order chi connectivity index (χ0) is 17.1. The quantitative estimate of drug-likeness (QED) is 0.833. The summed E-state index contributed by atoms with van der Waals surface area (Å²) in [7, 11) is 1.76. The Hall–Kier alpha value is -1.02. The van der Waals surface area contributed by atoms with Crippen molar-refractivity contribution in [1.29, 1.82) is 0 Å². The van der Waals surface area contributed by atoms with Gasteiger partial charge in [0.15, 0.2) is 0 Å². The molecule has 3 aliphatic carbocycles. The third-order valence-corrected chi connectivity index (χ3v) is 8.52. The van der Waals surface area contributed by atoms with Crippen molar-refractivity contribution < 1.29 is 9.84 Å². The van der Waals surface area contributed by atoms with Crippen molar-refractivity contribution in [2.24, 2.45) is 22.7 Å². The van der Waals surface area contributed by atoms with Crippen LogP contribution in [0.1, 0.15) is 69.9 Å². The number of ether oxygens (including phenoxy) is 1. The van der Waals surface area contributed by atoms with Crippen LogP contribution in [0.15, 0.2) is 18.2 Å². The van der Waals surface area contributed by atoms with Crippen LogP contribution < -0.4 is 4.74 Å². The van der Waals surface area contributed by atoms with Gasteiger partial charge < -0.3 is 9.84 Å². The Morgan fingerprint density at radius 2 is 1.96 bits per heavy atom. The number of methoxy groups -OCH3 is 1. The second kappa shape index (κ2) is 5.49. The SMILES string of the molecule is COc1ccc2c(c1)CCC1C2CC[C@@]2(C)C1CCC2(C)C(C)O. The molecule has 0 aromatic heterocycles. The molecule has 0 amide bonds. The molecule has 0 radical (unpaired) electrons. The van der Waals surface area contributed by atoms with Gasteiger partial charge in [0.2, 0.25) is 0 Å². The van der Waals surface area contributed by atoms with E-state index in [1.54, 1.807) is 12.7 Å². The van der Waals surface area contributed by atoms with Crippen LogP contribution in [-0.4, -0.2) is 18.3 Å². The molecule has 2 saturated carbocycles. The number of aliphatic hydroxyl groups is 1. The van der Waals surface area contributed by atoms with Crippen molar-refractivity contribution in [2.45, 2.75) is 71.3 Å². The van der Waals surface area contributed by atoms with Gasteiger partial charge in [-0.1, -0.05) is 19.9 Å². The molecule has 24 heavy (non-hydrogen) atoms. The van der Waals surface area contributed by atoms with E-state index in [0.717, 1.165) is 17.6 Å². The Kier molecular flexibility index (Phi) is 3.76. The normalized spacial score (nSPS) is 42.0. The summed E-state index contributed by atoms with van der Waals surface area (Å²) in [5.74, 6) is 3.28. The molecule has 4 rings (SSSR count). The average molecular weight is 328 g/mol. The lowest BCUT2D eigenvalue weighted by molar-refractivity contribution is -0.0800. The summed E-state index contributed by atoms with van der Waals surface area (Å²) < 4.78 is 5.43. The first-order valence-corrected chi connectivity index (χ1v) is 9.75. The molecule has 2 fully saturated rings. The van der Waals surface area contributed by atoms with E-state index in [0.29, 0.717) is 11.3 Å². The summed E-state index contributed by atoms with van der Waals surface area (Å²) >= 11 is 0. The topological polar surface area (TPSA) is 29.5 Å². The minimum atomic E-state index is -0.204. The van der Waals surface area contributed by atoms with E-state index in [2.05, 4.69) is 32.0 Å². The maximum Gasteiger partial charge on any atom is 0.119 e. The summed E-state index contributed by atoms with van der Waals surface area (Å²) in [5.41, 5.74) is 3.48. The maximum atomic E-state index is 10.5. The van der Waals surface area contributed by atoms with Gasteiger partial charge in [0.1, 0.15) is 5.75 Å². The molecule has 1 N–H and O–H groups in total. The third kappa shape index (κ3) is 2.05. The average Bonchev–Trinajstić information content (AvgIpc) is 2.87. The highest BCUT2D eigenvalue weighted by Crippen LogP contribution is 2.68. The standard InChI is InChI=1S/C22H32O2/c1-14(23)21(2)12-10-20-19-7-5-15-13-16(24-4)6-8-17(15)18(19)9-11-22(20,21)3/h6,8,13-14,18-20,23H,5,7,9-12H2,1-4H3/t14?,18?,19?,20?,21?,22-/m0/s1. The van der Waals surface area contributed by atoms with Gasteiger partial charge in [0.25, 0.3) is 0 Å². The van der Waals surface area contributed by atoms with Gasteiger partial charge in [-0.15, -0.1) is 0 Å². The minimum Gasteiger partial charge on any atom is -0.497 e. The fourth-order valence-electron chi connectivity index (χ4n) is 6.67. The van der Waals surface area contributed by atoms with Crippen molar-refractivity contribution in [2.75, 3.05) is 7.11 Å². The highest BCUT2D eigenvalue weighted by Gasteiger charge is 2.61. The number of benzene rings is 1. The Labute approximate surface area is 146 Å². The van der Waals surface area contributed by atoms with Crippen LogP contribution in [0.25, 0.3) is 0 Å². The molecule has 132 valence electrons. The second-order valence-corrected chi connectivity index (χ2v) is 9.07. The zero-order valence-corrected chi connectivity index (χ0v) is 15.6.